The number of rotatable bonds is 5. The summed E-state index contributed by atoms with van der Waals surface area (Å²) in [7, 11) is -3.23. The lowest BCUT2D eigenvalue weighted by atomic mass is 10.1. The number of fused-ring (bicyclic) bond motifs is 1. The van der Waals surface area contributed by atoms with Crippen molar-refractivity contribution in [1.82, 2.24) is 14.8 Å². The zero-order valence-corrected chi connectivity index (χ0v) is 15.3. The molecule has 3 aromatic rings. The fourth-order valence-corrected chi connectivity index (χ4v) is 3.57. The van der Waals surface area contributed by atoms with E-state index in [0.29, 0.717) is 11.4 Å². The third kappa shape index (κ3) is 4.12. The third-order valence-corrected chi connectivity index (χ3v) is 5.43. The van der Waals surface area contributed by atoms with Gasteiger partial charge in [-0.3, -0.25) is 9.20 Å². The highest BCUT2D eigenvalue weighted by atomic mass is 32.2. The number of thiazole rings is 1. The second-order valence-corrected chi connectivity index (χ2v) is 8.42. The number of hydrogen-bond acceptors (Lipinski definition) is 6. The smallest absolute Gasteiger partial charge is 0.246 e. The number of carbonyl (C=O) groups is 1. The Balaban J connectivity index is 1.64. The van der Waals surface area contributed by atoms with Crippen LogP contribution in [-0.2, 0) is 21.1 Å². The minimum absolute atomic E-state index is 0.137. The molecule has 1 aromatic carbocycles. The molecule has 0 saturated heterocycles. The number of benzene rings is 1. The first-order valence-corrected chi connectivity index (χ1v) is 10.1. The van der Waals surface area contributed by atoms with Gasteiger partial charge in [-0.2, -0.15) is 5.10 Å². The molecule has 9 heteroatoms. The average molecular weight is 376 g/mol. The van der Waals surface area contributed by atoms with Crippen molar-refractivity contribution in [3.63, 3.8) is 0 Å². The summed E-state index contributed by atoms with van der Waals surface area (Å²) in [5, 5.41) is 5.99. The summed E-state index contributed by atoms with van der Waals surface area (Å²) in [6.45, 7) is 1.74. The minimum atomic E-state index is -3.23. The maximum absolute atomic E-state index is 12.0. The summed E-state index contributed by atoms with van der Waals surface area (Å²) >= 11 is 1.50. The van der Waals surface area contributed by atoms with Crippen molar-refractivity contribution in [1.29, 1.82) is 0 Å². The summed E-state index contributed by atoms with van der Waals surface area (Å²) < 4.78 is 24.8. The Morgan fingerprint density at radius 3 is 2.68 bits per heavy atom. The van der Waals surface area contributed by atoms with Crippen molar-refractivity contribution in [3.8, 4) is 0 Å². The van der Waals surface area contributed by atoms with Crippen LogP contribution in [0.1, 0.15) is 18.2 Å². The Hall–Kier alpha value is -2.52. The van der Waals surface area contributed by atoms with Gasteiger partial charge in [0.1, 0.15) is 0 Å². The minimum Gasteiger partial charge on any atom is -0.297 e. The monoisotopic (exact) mass is 376 g/mol. The van der Waals surface area contributed by atoms with Crippen molar-refractivity contribution in [3.05, 3.63) is 53.3 Å². The first-order chi connectivity index (χ1) is 11.8. The highest BCUT2D eigenvalue weighted by Crippen LogP contribution is 2.12. The van der Waals surface area contributed by atoms with Gasteiger partial charge in [-0.1, -0.05) is 12.1 Å². The maximum Gasteiger partial charge on any atom is 0.246 e. The molecule has 0 bridgehead atoms. The molecule has 1 N–H and O–H groups in total. The Morgan fingerprint density at radius 2 is 2.04 bits per heavy atom. The van der Waals surface area contributed by atoms with E-state index < -0.39 is 9.84 Å². The van der Waals surface area contributed by atoms with Gasteiger partial charge < -0.3 is 0 Å². The van der Waals surface area contributed by atoms with Crippen LogP contribution < -0.4 is 5.43 Å². The zero-order chi connectivity index (χ0) is 18.0. The number of amides is 1. The third-order valence-electron chi connectivity index (χ3n) is 3.53. The lowest BCUT2D eigenvalue weighted by Gasteiger charge is -2.04. The second kappa shape index (κ2) is 6.77. The molecular weight excluding hydrogens is 360 g/mol. The lowest BCUT2D eigenvalue weighted by Crippen LogP contribution is -2.21. The molecule has 130 valence electrons. The van der Waals surface area contributed by atoms with E-state index in [-0.39, 0.29) is 17.2 Å². The van der Waals surface area contributed by atoms with Crippen LogP contribution in [0.15, 0.2) is 52.0 Å². The van der Waals surface area contributed by atoms with E-state index in [1.165, 1.54) is 23.5 Å². The van der Waals surface area contributed by atoms with E-state index in [4.69, 9.17) is 0 Å². The normalized spacial score (nSPS) is 12.5. The Labute approximate surface area is 148 Å². The molecule has 0 fully saturated rings. The van der Waals surface area contributed by atoms with Crippen molar-refractivity contribution in [2.24, 2.45) is 5.10 Å². The summed E-state index contributed by atoms with van der Waals surface area (Å²) in [6, 6.07) is 6.35. The van der Waals surface area contributed by atoms with Gasteiger partial charge in [0.05, 0.1) is 22.7 Å². The predicted octanol–water partition coefficient (Wildman–Crippen LogP) is 1.88. The van der Waals surface area contributed by atoms with Crippen LogP contribution in [0.3, 0.4) is 0 Å². The van der Waals surface area contributed by atoms with E-state index in [9.17, 15) is 13.2 Å². The highest BCUT2D eigenvalue weighted by Gasteiger charge is 2.09. The number of nitrogens with one attached hydrogen (secondary N) is 1. The number of aromatic nitrogens is 2. The zero-order valence-electron chi connectivity index (χ0n) is 13.6. The van der Waals surface area contributed by atoms with E-state index in [0.717, 1.165) is 16.8 Å². The Morgan fingerprint density at radius 1 is 1.32 bits per heavy atom. The predicted molar refractivity (Wildman–Crippen MR) is 96.7 cm³/mol. The van der Waals surface area contributed by atoms with Crippen LogP contribution in [0, 0.1) is 0 Å². The molecule has 0 atom stereocenters. The summed E-state index contributed by atoms with van der Waals surface area (Å²) in [6.07, 6.45) is 4.99. The number of imidazole rings is 1. The van der Waals surface area contributed by atoms with Crippen LogP contribution in [0.5, 0.6) is 0 Å². The van der Waals surface area contributed by atoms with E-state index in [1.54, 1.807) is 19.1 Å². The van der Waals surface area contributed by atoms with E-state index in [2.05, 4.69) is 15.5 Å². The number of hydrogen-bond donors (Lipinski definition) is 1. The molecule has 0 unspecified atom stereocenters. The van der Waals surface area contributed by atoms with Gasteiger partial charge in [0, 0.05) is 24.0 Å². The fourth-order valence-electron chi connectivity index (χ4n) is 2.22. The molecule has 0 spiro atoms. The number of nitrogens with zero attached hydrogens (tertiary/aromatic N) is 3. The first kappa shape index (κ1) is 17.3. The quantitative estimate of drug-likeness (QED) is 0.543. The number of sulfone groups is 1. The SMILES string of the molecule is C/C(=N/NC(=O)Cc1cn2ccsc2n1)c1ccc(S(C)(=O)=O)cc1. The van der Waals surface area contributed by atoms with Crippen molar-refractivity contribution in [2.75, 3.05) is 6.26 Å². The van der Waals surface area contributed by atoms with E-state index >= 15 is 0 Å². The molecule has 3 rings (SSSR count). The average Bonchev–Trinajstić information content (AvgIpc) is 3.13. The Bertz CT molecular complexity index is 1020. The fraction of sp³-hybridized carbons (Fsp3) is 0.188. The van der Waals surface area contributed by atoms with Crippen LogP contribution in [0.25, 0.3) is 4.96 Å². The lowest BCUT2D eigenvalue weighted by molar-refractivity contribution is -0.120. The van der Waals surface area contributed by atoms with Crippen LogP contribution >= 0.6 is 11.3 Å². The largest absolute Gasteiger partial charge is 0.297 e. The van der Waals surface area contributed by atoms with Crippen molar-refractivity contribution >= 4 is 37.8 Å². The topological polar surface area (TPSA) is 92.9 Å². The van der Waals surface area contributed by atoms with Gasteiger partial charge in [-0.25, -0.2) is 18.8 Å². The molecule has 0 aliphatic heterocycles. The van der Waals surface area contributed by atoms with Gasteiger partial charge in [-0.15, -0.1) is 11.3 Å². The molecule has 25 heavy (non-hydrogen) atoms. The molecule has 0 aliphatic rings. The summed E-state index contributed by atoms with van der Waals surface area (Å²) in [5.74, 6) is -0.266. The standard InChI is InChI=1S/C16H16N4O3S2/c1-11(12-3-5-14(6-4-12)25(2,22)23)18-19-15(21)9-13-10-20-7-8-24-16(20)17-13/h3-8,10H,9H2,1-2H3,(H,19,21)/b18-11-. The molecule has 0 aliphatic carbocycles. The second-order valence-electron chi connectivity index (χ2n) is 5.53. The number of carbonyl (C=O) groups excluding carboxylic acids is 1. The highest BCUT2D eigenvalue weighted by molar-refractivity contribution is 7.90. The molecule has 1 amide bonds. The van der Waals surface area contributed by atoms with Crippen molar-refractivity contribution < 1.29 is 13.2 Å². The van der Waals surface area contributed by atoms with Gasteiger partial charge in [0.15, 0.2) is 14.8 Å². The summed E-state index contributed by atoms with van der Waals surface area (Å²) in [4.78, 5) is 17.4. The van der Waals surface area contributed by atoms with Gasteiger partial charge in [0.25, 0.3) is 0 Å². The summed E-state index contributed by atoms with van der Waals surface area (Å²) in [5.41, 5.74) is 4.49. The molecule has 2 heterocycles. The van der Waals surface area contributed by atoms with Gasteiger partial charge in [0.2, 0.25) is 5.91 Å². The van der Waals surface area contributed by atoms with Gasteiger partial charge >= 0.3 is 0 Å². The first-order valence-electron chi connectivity index (χ1n) is 7.37. The number of hydrazone groups is 1. The molecule has 2 aromatic heterocycles. The van der Waals surface area contributed by atoms with Crippen LogP contribution in [-0.4, -0.2) is 35.7 Å². The van der Waals surface area contributed by atoms with Crippen molar-refractivity contribution in [2.45, 2.75) is 18.2 Å². The van der Waals surface area contributed by atoms with Crippen LogP contribution in [0.2, 0.25) is 0 Å². The van der Waals surface area contributed by atoms with Gasteiger partial charge in [-0.05, 0) is 24.6 Å². The van der Waals surface area contributed by atoms with E-state index in [1.807, 2.05) is 22.2 Å². The molecule has 0 saturated carbocycles. The molecule has 7 nitrogen and oxygen atoms in total. The Kier molecular flexibility index (Phi) is 4.69. The maximum atomic E-state index is 12.0. The molecule has 0 radical (unpaired) electrons. The van der Waals surface area contributed by atoms with Crippen LogP contribution in [0.4, 0.5) is 0 Å². The molecular formula is C16H16N4O3S2.